The number of aliphatic imine (C=N–C) groups is 1. The number of furan rings is 1. The molecule has 0 aliphatic carbocycles. The molecule has 0 saturated carbocycles. The normalized spacial score (nSPS) is 23.1. The van der Waals surface area contributed by atoms with Crippen LogP contribution in [0.4, 0.5) is 4.79 Å². The summed E-state index contributed by atoms with van der Waals surface area (Å²) >= 11 is 0. The van der Waals surface area contributed by atoms with Gasteiger partial charge < -0.3 is 9.32 Å². The van der Waals surface area contributed by atoms with Gasteiger partial charge in [0.1, 0.15) is 6.54 Å². The number of carbonyl (C=O) groups is 3. The van der Waals surface area contributed by atoms with Crippen molar-refractivity contribution in [1.82, 2.24) is 19.6 Å². The molecule has 0 N–H and O–H groups in total. The fraction of sp³-hybridized carbons (Fsp3) is 0.526. The zero-order valence-electron chi connectivity index (χ0n) is 16.9. The summed E-state index contributed by atoms with van der Waals surface area (Å²) in [6.45, 7) is 5.75. The van der Waals surface area contributed by atoms with Crippen molar-refractivity contribution >= 4 is 29.5 Å². The average molecular weight is 401 g/mol. The number of rotatable bonds is 4. The zero-order chi connectivity index (χ0) is 20.7. The van der Waals surface area contributed by atoms with E-state index in [0.717, 1.165) is 10.7 Å². The number of likely N-dealkylation sites (N-methyl/N-ethyl adjacent to an activating group) is 3. The van der Waals surface area contributed by atoms with Gasteiger partial charge in [0, 0.05) is 40.3 Å². The number of nitrogens with zero attached hydrogens (tertiary/aromatic N) is 6. The third kappa shape index (κ3) is 3.23. The lowest BCUT2D eigenvalue weighted by atomic mass is 10.1. The van der Waals surface area contributed by atoms with Gasteiger partial charge in [-0.05, 0) is 24.0 Å². The highest BCUT2D eigenvalue weighted by Crippen LogP contribution is 2.19. The second kappa shape index (κ2) is 7.43. The molecule has 10 heteroatoms. The Morgan fingerprint density at radius 1 is 1.21 bits per heavy atom. The average Bonchev–Trinajstić information content (AvgIpc) is 3.39. The highest BCUT2D eigenvalue weighted by atomic mass is 16.3. The van der Waals surface area contributed by atoms with Crippen LogP contribution in [0.5, 0.6) is 0 Å². The van der Waals surface area contributed by atoms with E-state index in [1.54, 1.807) is 24.1 Å². The van der Waals surface area contributed by atoms with Gasteiger partial charge in [-0.25, -0.2) is 9.37 Å². The van der Waals surface area contributed by atoms with Crippen LogP contribution < -0.4 is 0 Å². The van der Waals surface area contributed by atoms with Gasteiger partial charge in [-0.15, -0.1) is 0 Å². The van der Waals surface area contributed by atoms with Crippen LogP contribution in [-0.4, -0.2) is 113 Å². The summed E-state index contributed by atoms with van der Waals surface area (Å²) in [5.41, 5.74) is 0. The van der Waals surface area contributed by atoms with Crippen LogP contribution in [0.15, 0.2) is 27.8 Å². The Kier molecular flexibility index (Phi) is 4.95. The second-order valence-corrected chi connectivity index (χ2v) is 7.36. The molecule has 0 aromatic carbocycles. The molecular formula is C19H25N6O4+. The number of amidine groups is 2. The Morgan fingerprint density at radius 2 is 1.93 bits per heavy atom. The van der Waals surface area contributed by atoms with Crippen molar-refractivity contribution in [2.75, 3.05) is 53.4 Å². The van der Waals surface area contributed by atoms with E-state index < -0.39 is 6.04 Å². The van der Waals surface area contributed by atoms with Crippen LogP contribution in [-0.2, 0) is 4.79 Å². The van der Waals surface area contributed by atoms with Gasteiger partial charge in [0.2, 0.25) is 0 Å². The fourth-order valence-electron chi connectivity index (χ4n) is 4.01. The Morgan fingerprint density at radius 3 is 2.55 bits per heavy atom. The smallest absolute Gasteiger partial charge is 0.333 e. The number of hydrogen-bond acceptors (Lipinski definition) is 6. The minimum Gasteiger partial charge on any atom is -0.459 e. The highest BCUT2D eigenvalue weighted by Gasteiger charge is 2.52. The topological polar surface area (TPSA) is 92.7 Å². The monoisotopic (exact) mass is 401 g/mol. The van der Waals surface area contributed by atoms with Crippen LogP contribution in [0, 0.1) is 0 Å². The lowest BCUT2D eigenvalue weighted by Gasteiger charge is -2.33. The molecule has 0 spiro atoms. The summed E-state index contributed by atoms with van der Waals surface area (Å²) in [5, 5.41) is 0. The van der Waals surface area contributed by atoms with E-state index in [-0.39, 0.29) is 17.8 Å². The molecule has 1 aromatic rings. The summed E-state index contributed by atoms with van der Waals surface area (Å²) < 4.78 is 7.16. The SMILES string of the molecule is CC[N+]1=C(CN2CCN(C(=O)c3ccco3)CC2)N=C2C1C(=O)N(C)C(=O)N2C. The van der Waals surface area contributed by atoms with Crippen LogP contribution >= 0.6 is 0 Å². The first-order valence-electron chi connectivity index (χ1n) is 9.73. The number of urea groups is 1. The number of amides is 4. The third-order valence-corrected chi connectivity index (χ3v) is 5.71. The summed E-state index contributed by atoms with van der Waals surface area (Å²) in [4.78, 5) is 48.6. The van der Waals surface area contributed by atoms with Crippen LogP contribution in [0.2, 0.25) is 0 Å². The van der Waals surface area contributed by atoms with Crippen molar-refractivity contribution in [3.05, 3.63) is 24.2 Å². The number of carbonyl (C=O) groups excluding carboxylic acids is 3. The van der Waals surface area contributed by atoms with Crippen molar-refractivity contribution < 1.29 is 23.4 Å². The first-order valence-corrected chi connectivity index (χ1v) is 9.73. The lowest BCUT2D eigenvalue weighted by molar-refractivity contribution is -0.532. The molecule has 4 rings (SSSR count). The largest absolute Gasteiger partial charge is 0.459 e. The number of imide groups is 1. The Balaban J connectivity index is 1.45. The first-order chi connectivity index (χ1) is 13.9. The lowest BCUT2D eigenvalue weighted by Crippen LogP contribution is -2.61. The van der Waals surface area contributed by atoms with Crippen LogP contribution in [0.1, 0.15) is 17.5 Å². The van der Waals surface area contributed by atoms with E-state index in [9.17, 15) is 14.4 Å². The fourth-order valence-corrected chi connectivity index (χ4v) is 4.01. The predicted molar refractivity (Wildman–Crippen MR) is 104 cm³/mol. The summed E-state index contributed by atoms with van der Waals surface area (Å²) in [7, 11) is 3.14. The molecule has 154 valence electrons. The van der Waals surface area contributed by atoms with Gasteiger partial charge in [-0.1, -0.05) is 0 Å². The molecule has 3 aliphatic rings. The van der Waals surface area contributed by atoms with E-state index in [2.05, 4.69) is 9.89 Å². The molecule has 0 radical (unpaired) electrons. The standard InChI is InChI=1S/C19H25N6O4/c1-4-25-14(20-16-15(25)18(27)22(3)19(28)21(16)2)12-23-7-9-24(10-8-23)17(26)13-6-5-11-29-13/h5-6,11,15H,4,7-10,12H2,1-3H3/q+1. The van der Waals surface area contributed by atoms with E-state index in [1.165, 1.54) is 18.2 Å². The van der Waals surface area contributed by atoms with Gasteiger partial charge in [0.15, 0.2) is 5.76 Å². The van der Waals surface area contributed by atoms with Crippen molar-refractivity contribution in [3.63, 3.8) is 0 Å². The maximum absolute atomic E-state index is 12.7. The maximum atomic E-state index is 12.7. The molecule has 4 amide bonds. The van der Waals surface area contributed by atoms with Crippen molar-refractivity contribution in [2.45, 2.75) is 13.0 Å². The number of hydrogen-bond donors (Lipinski definition) is 0. The second-order valence-electron chi connectivity index (χ2n) is 7.36. The Bertz CT molecular complexity index is 898. The highest BCUT2D eigenvalue weighted by molar-refractivity contribution is 6.23. The summed E-state index contributed by atoms with van der Waals surface area (Å²) in [6.07, 6.45) is 1.50. The molecule has 10 nitrogen and oxygen atoms in total. The van der Waals surface area contributed by atoms with Gasteiger partial charge in [-0.3, -0.25) is 24.3 Å². The maximum Gasteiger partial charge on any atom is 0.333 e. The molecule has 3 aliphatic heterocycles. The van der Waals surface area contributed by atoms with Gasteiger partial charge in [0.05, 0.1) is 12.8 Å². The number of piperazine rings is 1. The van der Waals surface area contributed by atoms with Gasteiger partial charge in [0.25, 0.3) is 23.7 Å². The van der Waals surface area contributed by atoms with E-state index in [1.807, 2.05) is 11.5 Å². The molecule has 29 heavy (non-hydrogen) atoms. The van der Waals surface area contributed by atoms with Crippen LogP contribution in [0.3, 0.4) is 0 Å². The van der Waals surface area contributed by atoms with Gasteiger partial charge in [-0.2, -0.15) is 0 Å². The molecule has 1 unspecified atom stereocenters. The Labute approximate surface area is 168 Å². The minimum absolute atomic E-state index is 0.0987. The first kappa shape index (κ1) is 19.3. The molecule has 2 saturated heterocycles. The zero-order valence-corrected chi connectivity index (χ0v) is 16.9. The predicted octanol–water partition coefficient (Wildman–Crippen LogP) is -0.227. The molecule has 1 atom stereocenters. The van der Waals surface area contributed by atoms with Crippen LogP contribution in [0.25, 0.3) is 0 Å². The van der Waals surface area contributed by atoms with Crippen molar-refractivity contribution in [2.24, 2.45) is 4.99 Å². The molecule has 1 aromatic heterocycles. The molecule has 4 heterocycles. The number of fused-ring (bicyclic) bond motifs is 1. The molecule has 2 fully saturated rings. The van der Waals surface area contributed by atoms with E-state index >= 15 is 0 Å². The summed E-state index contributed by atoms with van der Waals surface area (Å²) in [5.74, 6) is 1.27. The molecule has 0 bridgehead atoms. The van der Waals surface area contributed by atoms with E-state index in [4.69, 9.17) is 4.42 Å². The molecular weight excluding hydrogens is 376 g/mol. The third-order valence-electron chi connectivity index (χ3n) is 5.71. The quantitative estimate of drug-likeness (QED) is 0.650. The van der Waals surface area contributed by atoms with Crippen molar-refractivity contribution in [1.29, 1.82) is 0 Å². The summed E-state index contributed by atoms with van der Waals surface area (Å²) in [6, 6.07) is 2.46. The van der Waals surface area contributed by atoms with E-state index in [0.29, 0.717) is 50.9 Å². The minimum atomic E-state index is -0.551. The van der Waals surface area contributed by atoms with Crippen molar-refractivity contribution in [3.8, 4) is 0 Å². The van der Waals surface area contributed by atoms with Gasteiger partial charge >= 0.3 is 11.9 Å². The Hall–Kier alpha value is -3.01.